The van der Waals surface area contributed by atoms with E-state index in [9.17, 15) is 9.59 Å². The van der Waals surface area contributed by atoms with Crippen LogP contribution in [-0.2, 0) is 24.2 Å². The summed E-state index contributed by atoms with van der Waals surface area (Å²) in [5, 5.41) is 13.3. The molecule has 8 nitrogen and oxygen atoms in total. The van der Waals surface area contributed by atoms with E-state index in [2.05, 4.69) is 27.9 Å². The Morgan fingerprint density at radius 1 is 1.00 bits per heavy atom. The second-order valence-corrected chi connectivity index (χ2v) is 6.54. The van der Waals surface area contributed by atoms with Gasteiger partial charge in [0.15, 0.2) is 11.5 Å². The summed E-state index contributed by atoms with van der Waals surface area (Å²) in [7, 11) is 0. The number of hydrogen-bond acceptors (Lipinski definition) is 5. The lowest BCUT2D eigenvalue weighted by atomic mass is 10.1. The topological polar surface area (TPSA) is 115 Å². The molecule has 0 bridgehead atoms. The lowest BCUT2D eigenvalue weighted by Crippen LogP contribution is -2.22. The number of benzene rings is 2. The van der Waals surface area contributed by atoms with Gasteiger partial charge in [0.1, 0.15) is 6.54 Å². The van der Waals surface area contributed by atoms with Gasteiger partial charge >= 0.3 is 0 Å². The first-order chi connectivity index (χ1) is 14.0. The molecule has 8 heteroatoms. The smallest absolute Gasteiger partial charge is 0.280 e. The molecule has 0 aliphatic heterocycles. The highest BCUT2D eigenvalue weighted by molar-refractivity contribution is 6.05. The number of nitrogen functional groups attached to an aromatic ring is 1. The average Bonchev–Trinajstić information content (AvgIpc) is 3.09. The van der Waals surface area contributed by atoms with Crippen molar-refractivity contribution < 1.29 is 9.59 Å². The molecular formula is C21H24N6O2. The zero-order valence-corrected chi connectivity index (χ0v) is 16.5. The number of rotatable bonds is 7. The van der Waals surface area contributed by atoms with E-state index in [1.807, 2.05) is 55.5 Å². The van der Waals surface area contributed by atoms with Gasteiger partial charge in [-0.1, -0.05) is 49.4 Å². The molecule has 0 radical (unpaired) electrons. The molecule has 1 aromatic heterocycles. The molecule has 0 saturated heterocycles. The van der Waals surface area contributed by atoms with Crippen molar-refractivity contribution in [3.05, 3.63) is 65.4 Å². The van der Waals surface area contributed by atoms with Crippen LogP contribution in [0.15, 0.2) is 48.5 Å². The van der Waals surface area contributed by atoms with E-state index in [4.69, 9.17) is 5.73 Å². The third kappa shape index (κ3) is 4.78. The van der Waals surface area contributed by atoms with Crippen LogP contribution >= 0.6 is 0 Å². The summed E-state index contributed by atoms with van der Waals surface area (Å²) >= 11 is 0. The van der Waals surface area contributed by atoms with Crippen molar-refractivity contribution in [2.24, 2.45) is 0 Å². The number of nitrogens with zero attached hydrogens (tertiary/aromatic N) is 3. The maximum Gasteiger partial charge on any atom is 0.280 e. The van der Waals surface area contributed by atoms with Crippen LogP contribution in [0.3, 0.4) is 0 Å². The SMILES string of the molecule is CCc1ccc(NC(=O)c2nnn(CC(=O)Nc3ccccc3CC)c2N)cc1. The molecule has 4 N–H and O–H groups in total. The minimum atomic E-state index is -0.477. The molecule has 0 spiro atoms. The minimum Gasteiger partial charge on any atom is -0.382 e. The summed E-state index contributed by atoms with van der Waals surface area (Å²) in [5.41, 5.74) is 9.55. The fourth-order valence-electron chi connectivity index (χ4n) is 2.89. The molecule has 0 atom stereocenters. The quantitative estimate of drug-likeness (QED) is 0.572. The molecule has 29 heavy (non-hydrogen) atoms. The van der Waals surface area contributed by atoms with E-state index < -0.39 is 5.91 Å². The van der Waals surface area contributed by atoms with Gasteiger partial charge in [0.2, 0.25) is 5.91 Å². The highest BCUT2D eigenvalue weighted by atomic mass is 16.2. The number of aryl methyl sites for hydroxylation is 2. The zero-order chi connectivity index (χ0) is 20.8. The summed E-state index contributed by atoms with van der Waals surface area (Å²) < 4.78 is 1.21. The Labute approximate surface area is 169 Å². The fraction of sp³-hybridized carbons (Fsp3) is 0.238. The highest BCUT2D eigenvalue weighted by Gasteiger charge is 2.19. The number of anilines is 3. The monoisotopic (exact) mass is 392 g/mol. The van der Waals surface area contributed by atoms with Crippen molar-refractivity contribution in [1.29, 1.82) is 0 Å². The molecular weight excluding hydrogens is 368 g/mol. The number of amides is 2. The van der Waals surface area contributed by atoms with Crippen molar-refractivity contribution in [2.75, 3.05) is 16.4 Å². The number of aromatic nitrogens is 3. The van der Waals surface area contributed by atoms with E-state index >= 15 is 0 Å². The first-order valence-electron chi connectivity index (χ1n) is 9.48. The van der Waals surface area contributed by atoms with Gasteiger partial charge in [-0.15, -0.1) is 5.10 Å². The third-order valence-electron chi connectivity index (χ3n) is 4.57. The number of nitrogens with two attached hydrogens (primary N) is 1. The standard InChI is InChI=1S/C21H24N6O2/c1-3-14-9-11-16(12-10-14)23-21(29)19-20(22)27(26-25-19)13-18(28)24-17-8-6-5-7-15(17)4-2/h5-12H,3-4,13,22H2,1-2H3,(H,23,29)(H,24,28). The van der Waals surface area contributed by atoms with Crippen LogP contribution in [-0.4, -0.2) is 26.8 Å². The average molecular weight is 392 g/mol. The van der Waals surface area contributed by atoms with E-state index in [0.717, 1.165) is 24.1 Å². The molecule has 0 unspecified atom stereocenters. The van der Waals surface area contributed by atoms with Crippen LogP contribution in [0.25, 0.3) is 0 Å². The van der Waals surface area contributed by atoms with Gasteiger partial charge in [0.25, 0.3) is 5.91 Å². The second-order valence-electron chi connectivity index (χ2n) is 6.54. The van der Waals surface area contributed by atoms with E-state index in [-0.39, 0.29) is 24.0 Å². The summed E-state index contributed by atoms with van der Waals surface area (Å²) in [6, 6.07) is 15.1. The Hall–Kier alpha value is -3.68. The van der Waals surface area contributed by atoms with Crippen LogP contribution in [0.4, 0.5) is 17.2 Å². The van der Waals surface area contributed by atoms with Gasteiger partial charge in [0.05, 0.1) is 0 Å². The third-order valence-corrected chi connectivity index (χ3v) is 4.57. The highest BCUT2D eigenvalue weighted by Crippen LogP contribution is 2.17. The van der Waals surface area contributed by atoms with Crippen molar-refractivity contribution >= 4 is 29.0 Å². The van der Waals surface area contributed by atoms with E-state index in [1.165, 1.54) is 10.2 Å². The lowest BCUT2D eigenvalue weighted by Gasteiger charge is -2.10. The Morgan fingerprint density at radius 3 is 2.41 bits per heavy atom. The molecule has 0 fully saturated rings. The normalized spacial score (nSPS) is 10.6. The van der Waals surface area contributed by atoms with Gasteiger partial charge in [-0.3, -0.25) is 9.59 Å². The predicted octanol–water partition coefficient (Wildman–Crippen LogP) is 2.88. The predicted molar refractivity (Wildman–Crippen MR) is 113 cm³/mol. The lowest BCUT2D eigenvalue weighted by molar-refractivity contribution is -0.116. The maximum absolute atomic E-state index is 12.5. The Balaban J connectivity index is 1.66. The molecule has 0 saturated carbocycles. The van der Waals surface area contributed by atoms with Crippen molar-refractivity contribution in [2.45, 2.75) is 33.2 Å². The van der Waals surface area contributed by atoms with E-state index in [1.54, 1.807) is 0 Å². The fourth-order valence-corrected chi connectivity index (χ4v) is 2.89. The first kappa shape index (κ1) is 20.1. The van der Waals surface area contributed by atoms with Gasteiger partial charge < -0.3 is 16.4 Å². The van der Waals surface area contributed by atoms with E-state index in [0.29, 0.717) is 5.69 Å². The number of carbonyl (C=O) groups is 2. The van der Waals surface area contributed by atoms with Crippen molar-refractivity contribution in [3.63, 3.8) is 0 Å². The molecule has 2 amide bonds. The van der Waals surface area contributed by atoms with Gasteiger partial charge in [-0.2, -0.15) is 0 Å². The van der Waals surface area contributed by atoms with Crippen LogP contribution in [0, 0.1) is 0 Å². The van der Waals surface area contributed by atoms with Crippen LogP contribution in [0.1, 0.15) is 35.5 Å². The molecule has 1 heterocycles. The van der Waals surface area contributed by atoms with Crippen LogP contribution in [0.2, 0.25) is 0 Å². The number of carbonyl (C=O) groups excluding carboxylic acids is 2. The van der Waals surface area contributed by atoms with Gasteiger partial charge in [-0.05, 0) is 42.2 Å². The Bertz CT molecular complexity index is 1010. The van der Waals surface area contributed by atoms with Crippen molar-refractivity contribution in [3.8, 4) is 0 Å². The largest absolute Gasteiger partial charge is 0.382 e. The Kier molecular flexibility index (Phi) is 6.23. The molecule has 0 aliphatic rings. The molecule has 3 aromatic rings. The first-order valence-corrected chi connectivity index (χ1v) is 9.48. The Morgan fingerprint density at radius 2 is 1.72 bits per heavy atom. The summed E-state index contributed by atoms with van der Waals surface area (Å²) in [5.74, 6) is -0.744. The second kappa shape index (κ2) is 9.01. The van der Waals surface area contributed by atoms with Crippen molar-refractivity contribution in [1.82, 2.24) is 15.0 Å². The molecule has 0 aliphatic carbocycles. The minimum absolute atomic E-state index is 0.0219. The molecule has 3 rings (SSSR count). The summed E-state index contributed by atoms with van der Waals surface area (Å²) in [6.07, 6.45) is 1.71. The number of para-hydroxylation sites is 1. The number of nitrogens with one attached hydrogen (secondary N) is 2. The molecule has 150 valence electrons. The van der Waals surface area contributed by atoms with Gasteiger partial charge in [0, 0.05) is 11.4 Å². The van der Waals surface area contributed by atoms with Gasteiger partial charge in [-0.25, -0.2) is 4.68 Å². The molecule has 2 aromatic carbocycles. The van der Waals surface area contributed by atoms with Crippen LogP contribution in [0.5, 0.6) is 0 Å². The maximum atomic E-state index is 12.5. The number of hydrogen-bond donors (Lipinski definition) is 3. The van der Waals surface area contributed by atoms with Crippen LogP contribution < -0.4 is 16.4 Å². The summed E-state index contributed by atoms with van der Waals surface area (Å²) in [4.78, 5) is 24.8. The summed E-state index contributed by atoms with van der Waals surface area (Å²) in [6.45, 7) is 3.93. The zero-order valence-electron chi connectivity index (χ0n) is 16.5.